The van der Waals surface area contributed by atoms with Gasteiger partial charge in [0.15, 0.2) is 0 Å². The lowest BCUT2D eigenvalue weighted by atomic mass is 9.79. The minimum absolute atomic E-state index is 0.0679. The normalized spacial score (nSPS) is 29.9. The zero-order valence-electron chi connectivity index (χ0n) is 18.0. The molecule has 2 fully saturated rings. The Bertz CT molecular complexity index is 862. The molecule has 30 heavy (non-hydrogen) atoms. The van der Waals surface area contributed by atoms with Crippen LogP contribution in [-0.4, -0.2) is 65.0 Å². The standard InChI is InChI=1S/C22H32N4O3S/c1-3-19-10-20-21(30-19)4-7-29-22(20)5-6-25(16(2)11-22)12-17-13-26(24-23-17)14-18-15-27-8-9-28-18/h10,13,16,18H,3-9,11-12,14-15H2,1-2H3/t16-,18?,22+/m0/s1. The lowest BCUT2D eigenvalue weighted by Gasteiger charge is -2.47. The fourth-order valence-corrected chi connectivity index (χ4v) is 6.25. The Balaban J connectivity index is 1.23. The quantitative estimate of drug-likeness (QED) is 0.724. The largest absolute Gasteiger partial charge is 0.376 e. The predicted molar refractivity (Wildman–Crippen MR) is 115 cm³/mol. The number of hydrogen-bond donors (Lipinski definition) is 0. The Kier molecular flexibility index (Phi) is 5.94. The second-order valence-corrected chi connectivity index (χ2v) is 9.99. The van der Waals surface area contributed by atoms with Gasteiger partial charge in [0.25, 0.3) is 0 Å². The molecule has 5 heterocycles. The Morgan fingerprint density at radius 2 is 2.23 bits per heavy atom. The summed E-state index contributed by atoms with van der Waals surface area (Å²) in [4.78, 5) is 5.56. The smallest absolute Gasteiger partial charge is 0.101 e. The van der Waals surface area contributed by atoms with Crippen molar-refractivity contribution in [3.63, 3.8) is 0 Å². The van der Waals surface area contributed by atoms with Crippen LogP contribution in [0.5, 0.6) is 0 Å². The van der Waals surface area contributed by atoms with Crippen LogP contribution in [0.15, 0.2) is 12.3 Å². The molecule has 0 N–H and O–H groups in total. The summed E-state index contributed by atoms with van der Waals surface area (Å²) in [6.07, 6.45) is 6.39. The molecule has 0 aliphatic carbocycles. The van der Waals surface area contributed by atoms with Crippen molar-refractivity contribution < 1.29 is 14.2 Å². The summed E-state index contributed by atoms with van der Waals surface area (Å²) < 4.78 is 19.6. The molecular weight excluding hydrogens is 400 g/mol. The topological polar surface area (TPSA) is 61.6 Å². The van der Waals surface area contributed by atoms with Crippen LogP contribution in [0.3, 0.4) is 0 Å². The first-order valence-corrected chi connectivity index (χ1v) is 12.1. The molecular formula is C22H32N4O3S. The van der Waals surface area contributed by atoms with Crippen LogP contribution in [-0.2, 0) is 45.7 Å². The van der Waals surface area contributed by atoms with E-state index < -0.39 is 0 Å². The van der Waals surface area contributed by atoms with Crippen LogP contribution in [0, 0.1) is 0 Å². The maximum absolute atomic E-state index is 6.47. The molecule has 0 aromatic carbocycles. The van der Waals surface area contributed by atoms with Gasteiger partial charge in [0.1, 0.15) is 6.10 Å². The molecule has 3 atom stereocenters. The number of hydrogen-bond acceptors (Lipinski definition) is 7. The van der Waals surface area contributed by atoms with Crippen molar-refractivity contribution in [2.75, 3.05) is 33.0 Å². The zero-order chi connectivity index (χ0) is 20.6. The SMILES string of the molecule is CCc1cc2c(s1)CCO[C@@]21CCN(Cc2cn(CC3COCCO3)nn2)[C@@H](C)C1. The molecule has 3 aliphatic rings. The number of nitrogens with zero attached hydrogens (tertiary/aromatic N) is 4. The summed E-state index contributed by atoms with van der Waals surface area (Å²) in [6, 6.07) is 2.86. The molecule has 2 aromatic heterocycles. The summed E-state index contributed by atoms with van der Waals surface area (Å²) in [5.41, 5.74) is 2.40. The van der Waals surface area contributed by atoms with Gasteiger partial charge in [-0.25, -0.2) is 4.68 Å². The monoisotopic (exact) mass is 432 g/mol. The lowest BCUT2D eigenvalue weighted by Crippen LogP contribution is -2.50. The van der Waals surface area contributed by atoms with Crippen LogP contribution in [0.25, 0.3) is 0 Å². The van der Waals surface area contributed by atoms with Crippen LogP contribution >= 0.6 is 11.3 Å². The molecule has 0 radical (unpaired) electrons. The predicted octanol–water partition coefficient (Wildman–Crippen LogP) is 2.77. The van der Waals surface area contributed by atoms with Crippen LogP contribution < -0.4 is 0 Å². The first kappa shape index (κ1) is 20.6. The maximum atomic E-state index is 6.47. The van der Waals surface area contributed by atoms with E-state index in [1.807, 2.05) is 16.0 Å². The fraction of sp³-hybridized carbons (Fsp3) is 0.727. The van der Waals surface area contributed by atoms with Gasteiger partial charge in [-0.15, -0.1) is 16.4 Å². The maximum Gasteiger partial charge on any atom is 0.101 e. The highest BCUT2D eigenvalue weighted by atomic mass is 32.1. The van der Waals surface area contributed by atoms with E-state index in [-0.39, 0.29) is 11.7 Å². The van der Waals surface area contributed by atoms with Gasteiger partial charge in [-0.3, -0.25) is 4.90 Å². The van der Waals surface area contributed by atoms with Crippen molar-refractivity contribution in [2.45, 2.75) is 70.4 Å². The van der Waals surface area contributed by atoms with Crippen molar-refractivity contribution in [2.24, 2.45) is 0 Å². The van der Waals surface area contributed by atoms with Gasteiger partial charge >= 0.3 is 0 Å². The van der Waals surface area contributed by atoms with Crippen LogP contribution in [0.1, 0.15) is 47.7 Å². The molecule has 1 spiro atoms. The number of fused-ring (bicyclic) bond motifs is 2. The molecule has 164 valence electrons. The van der Waals surface area contributed by atoms with Crippen molar-refractivity contribution in [3.05, 3.63) is 33.3 Å². The minimum Gasteiger partial charge on any atom is -0.376 e. The molecule has 2 saturated heterocycles. The van der Waals surface area contributed by atoms with Crippen molar-refractivity contribution in [1.82, 2.24) is 19.9 Å². The first-order valence-electron chi connectivity index (χ1n) is 11.2. The number of aromatic nitrogens is 3. The Labute approximate surface area is 182 Å². The van der Waals surface area contributed by atoms with Crippen molar-refractivity contribution in [3.8, 4) is 0 Å². The minimum atomic E-state index is -0.0939. The number of ether oxygens (including phenoxy) is 3. The van der Waals surface area contributed by atoms with Gasteiger partial charge in [0.05, 0.1) is 44.3 Å². The molecule has 7 nitrogen and oxygen atoms in total. The molecule has 3 aliphatic heterocycles. The molecule has 5 rings (SSSR count). The van der Waals surface area contributed by atoms with Gasteiger partial charge in [0, 0.05) is 41.5 Å². The highest BCUT2D eigenvalue weighted by Crippen LogP contribution is 2.46. The summed E-state index contributed by atoms with van der Waals surface area (Å²) in [7, 11) is 0. The van der Waals surface area contributed by atoms with Gasteiger partial charge in [-0.2, -0.15) is 0 Å². The van der Waals surface area contributed by atoms with E-state index in [4.69, 9.17) is 14.2 Å². The van der Waals surface area contributed by atoms with Gasteiger partial charge in [0.2, 0.25) is 0 Å². The second-order valence-electron chi connectivity index (χ2n) is 8.77. The molecule has 8 heteroatoms. The molecule has 0 amide bonds. The van der Waals surface area contributed by atoms with Crippen LogP contribution in [0.4, 0.5) is 0 Å². The number of aryl methyl sites for hydroxylation is 1. The van der Waals surface area contributed by atoms with E-state index in [9.17, 15) is 0 Å². The highest BCUT2D eigenvalue weighted by Gasteiger charge is 2.44. The van der Waals surface area contributed by atoms with E-state index in [0.717, 1.165) is 51.1 Å². The van der Waals surface area contributed by atoms with E-state index >= 15 is 0 Å². The summed E-state index contributed by atoms with van der Waals surface area (Å²) >= 11 is 1.99. The van der Waals surface area contributed by atoms with Gasteiger partial charge < -0.3 is 14.2 Å². The molecule has 0 saturated carbocycles. The second kappa shape index (κ2) is 8.67. The Morgan fingerprint density at radius 1 is 1.30 bits per heavy atom. The first-order chi connectivity index (χ1) is 14.6. The summed E-state index contributed by atoms with van der Waals surface area (Å²) in [6.45, 7) is 9.94. The molecule has 1 unspecified atom stereocenters. The highest BCUT2D eigenvalue weighted by molar-refractivity contribution is 7.12. The van der Waals surface area contributed by atoms with E-state index in [1.54, 1.807) is 4.88 Å². The van der Waals surface area contributed by atoms with E-state index in [1.165, 1.54) is 10.4 Å². The number of rotatable bonds is 5. The number of likely N-dealkylation sites (tertiary alicyclic amines) is 1. The van der Waals surface area contributed by atoms with E-state index in [2.05, 4.69) is 41.3 Å². The van der Waals surface area contributed by atoms with Crippen LogP contribution in [0.2, 0.25) is 0 Å². The molecule has 2 aromatic rings. The molecule has 0 bridgehead atoms. The number of thiophene rings is 1. The fourth-order valence-electron chi connectivity index (χ4n) is 5.07. The third-order valence-corrected chi connectivity index (χ3v) is 8.02. The third kappa shape index (κ3) is 4.08. The Morgan fingerprint density at radius 3 is 3.03 bits per heavy atom. The van der Waals surface area contributed by atoms with Gasteiger partial charge in [-0.05, 0) is 37.8 Å². The Hall–Kier alpha value is -1.32. The average molecular weight is 433 g/mol. The van der Waals surface area contributed by atoms with E-state index in [0.29, 0.717) is 32.4 Å². The zero-order valence-corrected chi connectivity index (χ0v) is 18.8. The van der Waals surface area contributed by atoms with Crippen molar-refractivity contribution >= 4 is 11.3 Å². The third-order valence-electron chi connectivity index (χ3n) is 6.69. The van der Waals surface area contributed by atoms with Crippen molar-refractivity contribution in [1.29, 1.82) is 0 Å². The summed E-state index contributed by atoms with van der Waals surface area (Å²) in [5.74, 6) is 0. The summed E-state index contributed by atoms with van der Waals surface area (Å²) in [5, 5.41) is 8.72. The lowest BCUT2D eigenvalue weighted by molar-refractivity contribution is -0.112. The average Bonchev–Trinajstić information content (AvgIpc) is 3.38. The number of piperidine rings is 1. The van der Waals surface area contributed by atoms with Gasteiger partial charge in [-0.1, -0.05) is 12.1 Å².